The van der Waals surface area contributed by atoms with Crippen molar-refractivity contribution < 1.29 is 9.94 Å². The molecule has 0 fully saturated rings. The van der Waals surface area contributed by atoms with Crippen molar-refractivity contribution in [3.8, 4) is 0 Å². The summed E-state index contributed by atoms with van der Waals surface area (Å²) in [4.78, 5) is 10.1. The Morgan fingerprint density at radius 2 is 2.39 bits per heavy atom. The Bertz CT molecular complexity index is 402. The second kappa shape index (κ2) is 7.83. The van der Waals surface area contributed by atoms with Crippen LogP contribution >= 0.6 is 15.9 Å². The molecule has 3 N–H and O–H groups in total. The van der Waals surface area contributed by atoms with Crippen LogP contribution in [0.2, 0.25) is 0 Å². The van der Waals surface area contributed by atoms with Crippen LogP contribution in [-0.2, 0) is 4.74 Å². The number of hydrogen-bond acceptors (Lipinski definition) is 6. The summed E-state index contributed by atoms with van der Waals surface area (Å²) in [6, 6.07) is 0. The number of nitrogens with zero attached hydrogens (tertiary/aromatic N) is 4. The van der Waals surface area contributed by atoms with Gasteiger partial charge in [-0.2, -0.15) is 0 Å². The van der Waals surface area contributed by atoms with Gasteiger partial charge < -0.3 is 20.6 Å². The Balaban J connectivity index is 2.74. The van der Waals surface area contributed by atoms with Crippen molar-refractivity contribution in [2.45, 2.75) is 6.42 Å². The molecular weight excluding hydrogens is 302 g/mol. The van der Waals surface area contributed by atoms with Crippen LogP contribution in [0.5, 0.6) is 0 Å². The number of ether oxygens (including phenoxy) is 1. The minimum absolute atomic E-state index is 0.183. The lowest BCUT2D eigenvalue weighted by Gasteiger charge is -2.23. The van der Waals surface area contributed by atoms with Crippen molar-refractivity contribution >= 4 is 27.6 Å². The first-order valence-corrected chi connectivity index (χ1v) is 6.14. The maximum atomic E-state index is 8.53. The van der Waals surface area contributed by atoms with E-state index < -0.39 is 0 Å². The third kappa shape index (κ3) is 4.46. The molecule has 1 aromatic rings. The van der Waals surface area contributed by atoms with E-state index in [4.69, 9.17) is 15.7 Å². The van der Waals surface area contributed by atoms with E-state index in [1.165, 1.54) is 6.33 Å². The summed E-state index contributed by atoms with van der Waals surface area (Å²) < 4.78 is 5.85. The van der Waals surface area contributed by atoms with E-state index in [0.717, 1.165) is 10.3 Å². The molecule has 0 bridgehead atoms. The molecule has 0 spiro atoms. The van der Waals surface area contributed by atoms with E-state index >= 15 is 0 Å². The fraction of sp³-hybridized carbons (Fsp3) is 0.500. The fourth-order valence-corrected chi connectivity index (χ4v) is 1.83. The van der Waals surface area contributed by atoms with Gasteiger partial charge in [0.1, 0.15) is 18.0 Å². The first-order valence-electron chi connectivity index (χ1n) is 5.34. The van der Waals surface area contributed by atoms with Gasteiger partial charge in [-0.15, -0.1) is 0 Å². The number of oxime groups is 1. The van der Waals surface area contributed by atoms with E-state index in [1.807, 2.05) is 4.90 Å². The maximum Gasteiger partial charge on any atom is 0.146 e. The number of aromatic nitrogens is 2. The molecule has 0 amide bonds. The van der Waals surface area contributed by atoms with E-state index in [2.05, 4.69) is 31.1 Å². The van der Waals surface area contributed by atoms with Crippen LogP contribution in [0.4, 0.5) is 5.82 Å². The van der Waals surface area contributed by atoms with Crippen molar-refractivity contribution in [3.05, 3.63) is 17.0 Å². The third-order valence-corrected chi connectivity index (χ3v) is 2.84. The van der Waals surface area contributed by atoms with Crippen molar-refractivity contribution in [2.75, 3.05) is 31.7 Å². The molecule has 1 heterocycles. The van der Waals surface area contributed by atoms with Crippen LogP contribution in [0, 0.1) is 0 Å². The summed E-state index contributed by atoms with van der Waals surface area (Å²) in [6.45, 7) is 1.80. The minimum atomic E-state index is 0.183. The summed E-state index contributed by atoms with van der Waals surface area (Å²) >= 11 is 3.39. The normalized spacial score (nSPS) is 11.6. The van der Waals surface area contributed by atoms with E-state index in [-0.39, 0.29) is 5.84 Å². The summed E-state index contributed by atoms with van der Waals surface area (Å²) in [5.74, 6) is 0.940. The van der Waals surface area contributed by atoms with Gasteiger partial charge in [0, 0.05) is 32.8 Å². The largest absolute Gasteiger partial charge is 0.409 e. The molecule has 0 saturated carbocycles. The molecule has 0 aliphatic heterocycles. The highest BCUT2D eigenvalue weighted by Crippen LogP contribution is 2.21. The average molecular weight is 318 g/mol. The SMILES string of the molecule is COCCN(CCC(N)=NO)c1ncncc1Br. The summed E-state index contributed by atoms with van der Waals surface area (Å²) in [5.41, 5.74) is 5.46. The molecular formula is C10H16BrN5O2. The number of amidine groups is 1. The quantitative estimate of drug-likeness (QED) is 0.334. The zero-order valence-corrected chi connectivity index (χ0v) is 11.7. The number of hydrogen-bond donors (Lipinski definition) is 2. The second-order valence-corrected chi connectivity index (χ2v) is 4.37. The summed E-state index contributed by atoms with van der Waals surface area (Å²) in [5, 5.41) is 11.5. The Labute approximate surface area is 114 Å². The molecule has 0 saturated heterocycles. The molecule has 1 rings (SSSR count). The molecule has 1 aromatic heterocycles. The van der Waals surface area contributed by atoms with Gasteiger partial charge >= 0.3 is 0 Å². The fourth-order valence-electron chi connectivity index (χ4n) is 1.36. The Hall–Kier alpha value is -1.41. The third-order valence-electron chi connectivity index (χ3n) is 2.28. The van der Waals surface area contributed by atoms with Gasteiger partial charge in [-0.3, -0.25) is 0 Å². The molecule has 18 heavy (non-hydrogen) atoms. The Morgan fingerprint density at radius 3 is 3.00 bits per heavy atom. The van der Waals surface area contributed by atoms with Crippen molar-refractivity contribution in [2.24, 2.45) is 10.9 Å². The van der Waals surface area contributed by atoms with Crippen molar-refractivity contribution in [1.29, 1.82) is 0 Å². The zero-order chi connectivity index (χ0) is 13.4. The lowest BCUT2D eigenvalue weighted by Crippen LogP contribution is -2.32. The van der Waals surface area contributed by atoms with Crippen LogP contribution in [0.15, 0.2) is 22.2 Å². The van der Waals surface area contributed by atoms with Crippen LogP contribution in [0.3, 0.4) is 0 Å². The first kappa shape index (κ1) is 14.7. The predicted octanol–water partition coefficient (Wildman–Crippen LogP) is 0.828. The number of methoxy groups -OCH3 is 1. The van der Waals surface area contributed by atoms with E-state index in [0.29, 0.717) is 26.1 Å². The van der Waals surface area contributed by atoms with Gasteiger partial charge in [-0.1, -0.05) is 5.16 Å². The van der Waals surface area contributed by atoms with Gasteiger partial charge in [0.2, 0.25) is 0 Å². The standard InChI is InChI=1S/C10H16BrN5O2/c1-18-5-4-16(3-2-9(12)15-17)10-8(11)6-13-7-14-10/h6-7,17H,2-5H2,1H3,(H2,12,15). The van der Waals surface area contributed by atoms with Gasteiger partial charge in [0.15, 0.2) is 0 Å². The highest BCUT2D eigenvalue weighted by Gasteiger charge is 2.12. The van der Waals surface area contributed by atoms with Gasteiger partial charge in [0.25, 0.3) is 0 Å². The van der Waals surface area contributed by atoms with E-state index in [1.54, 1.807) is 13.3 Å². The van der Waals surface area contributed by atoms with E-state index in [9.17, 15) is 0 Å². The Morgan fingerprint density at radius 1 is 1.61 bits per heavy atom. The maximum absolute atomic E-state index is 8.53. The van der Waals surface area contributed by atoms with Gasteiger partial charge in [-0.05, 0) is 15.9 Å². The molecule has 100 valence electrons. The number of rotatable bonds is 7. The predicted molar refractivity (Wildman–Crippen MR) is 71.8 cm³/mol. The van der Waals surface area contributed by atoms with Gasteiger partial charge in [0.05, 0.1) is 11.1 Å². The highest BCUT2D eigenvalue weighted by molar-refractivity contribution is 9.10. The molecule has 0 aliphatic carbocycles. The number of nitrogens with two attached hydrogens (primary N) is 1. The van der Waals surface area contributed by atoms with Gasteiger partial charge in [-0.25, -0.2) is 9.97 Å². The second-order valence-electron chi connectivity index (χ2n) is 3.52. The molecule has 0 unspecified atom stereocenters. The first-order chi connectivity index (χ1) is 8.69. The Kier molecular flexibility index (Phi) is 6.37. The lowest BCUT2D eigenvalue weighted by atomic mass is 10.3. The topological polar surface area (TPSA) is 96.9 Å². The molecule has 0 aliphatic rings. The van der Waals surface area contributed by atoms with Crippen LogP contribution < -0.4 is 10.6 Å². The summed E-state index contributed by atoms with van der Waals surface area (Å²) in [6.07, 6.45) is 3.59. The number of halogens is 1. The average Bonchev–Trinajstić information content (AvgIpc) is 2.39. The lowest BCUT2D eigenvalue weighted by molar-refractivity contribution is 0.205. The molecule has 7 nitrogen and oxygen atoms in total. The van der Waals surface area contributed by atoms with Crippen LogP contribution in [0.25, 0.3) is 0 Å². The molecule has 0 aromatic carbocycles. The molecule has 0 atom stereocenters. The monoisotopic (exact) mass is 317 g/mol. The summed E-state index contributed by atoms with van der Waals surface area (Å²) in [7, 11) is 1.64. The van der Waals surface area contributed by atoms with Crippen LogP contribution in [-0.4, -0.2) is 47.8 Å². The van der Waals surface area contributed by atoms with Crippen LogP contribution in [0.1, 0.15) is 6.42 Å². The van der Waals surface area contributed by atoms with Crippen molar-refractivity contribution in [3.63, 3.8) is 0 Å². The number of anilines is 1. The highest BCUT2D eigenvalue weighted by atomic mass is 79.9. The minimum Gasteiger partial charge on any atom is -0.409 e. The molecule has 0 radical (unpaired) electrons. The molecule has 8 heteroatoms. The zero-order valence-electron chi connectivity index (χ0n) is 10.1. The smallest absolute Gasteiger partial charge is 0.146 e. The van der Waals surface area contributed by atoms with Crippen molar-refractivity contribution in [1.82, 2.24) is 9.97 Å².